The van der Waals surface area contributed by atoms with Crippen LogP contribution in [0.5, 0.6) is 0 Å². The van der Waals surface area contributed by atoms with Gasteiger partial charge in [0.25, 0.3) is 5.91 Å². The summed E-state index contributed by atoms with van der Waals surface area (Å²) in [6.07, 6.45) is 0.405. The molecule has 0 aromatic heterocycles. The number of benzene rings is 2. The lowest BCUT2D eigenvalue weighted by Crippen LogP contribution is -2.62. The van der Waals surface area contributed by atoms with Crippen LogP contribution in [-0.2, 0) is 80.0 Å². The third-order valence-corrected chi connectivity index (χ3v) is 16.2. The number of carbonyl (C=O) groups excluding carboxylic acids is 11. The van der Waals surface area contributed by atoms with Crippen molar-refractivity contribution in [2.24, 2.45) is 11.5 Å². The lowest BCUT2D eigenvalue weighted by molar-refractivity contribution is -0.155. The van der Waals surface area contributed by atoms with Crippen molar-refractivity contribution in [3.8, 4) is 0 Å². The number of aryl methyl sites for hydroxylation is 1. The number of aliphatic hydroxyl groups is 4. The number of nitrogens with one attached hydrogen (secondary N) is 10. The maximum atomic E-state index is 14.8. The van der Waals surface area contributed by atoms with Crippen molar-refractivity contribution in [2.45, 2.75) is 216 Å². The van der Waals surface area contributed by atoms with E-state index in [9.17, 15) is 93.0 Å². The minimum absolute atomic E-state index is 0.0884. The van der Waals surface area contributed by atoms with Gasteiger partial charge in [-0.3, -0.25) is 47.9 Å². The number of hydrogen-bond donors (Lipinski definition) is 18. The summed E-state index contributed by atoms with van der Waals surface area (Å²) in [4.78, 5) is 179. The van der Waals surface area contributed by atoms with Crippen LogP contribution in [0.15, 0.2) is 66.4 Å². The highest BCUT2D eigenvalue weighted by Crippen LogP contribution is 2.21. The van der Waals surface area contributed by atoms with Crippen molar-refractivity contribution in [3.05, 3.63) is 83.1 Å². The zero-order valence-corrected chi connectivity index (χ0v) is 57.3. The van der Waals surface area contributed by atoms with Crippen LogP contribution in [0.4, 0.5) is 4.79 Å². The lowest BCUT2D eigenvalue weighted by atomic mass is 9.99. The van der Waals surface area contributed by atoms with E-state index in [-0.39, 0.29) is 45.4 Å². The first-order valence-electron chi connectivity index (χ1n) is 33.4. The molecule has 0 spiro atoms. The summed E-state index contributed by atoms with van der Waals surface area (Å²) in [7, 11) is 0. The van der Waals surface area contributed by atoms with E-state index in [1.165, 1.54) is 32.1 Å². The SMILES string of the molecule is C/C=C1\NC(=O)[C@H]([C@H](C)O)NC(=O)[C@H](CCN)NC(=O)[C@H](CCCCN)NC(=O)[C@H](CC(=O)O)NC(=O)[C@@H](CCNC(=O)OCc2ccccc2)NC(=O)[C@@H](NC(=O)CC(O)c2cccc(CCCCCCCCCCCC)c2)COC(=O)[C@H]([C@H](O)CCl)NC(=O)[C@H]([C@H](O)C(=O)O)NC1=O. The van der Waals surface area contributed by atoms with Gasteiger partial charge in [-0.2, -0.15) is 0 Å². The Morgan fingerprint density at radius 3 is 1.80 bits per heavy atom. The Balaban J connectivity index is 2.22. The van der Waals surface area contributed by atoms with Crippen LogP contribution in [0.3, 0.4) is 0 Å². The van der Waals surface area contributed by atoms with E-state index in [1.54, 1.807) is 48.5 Å². The van der Waals surface area contributed by atoms with Crippen LogP contribution in [0.1, 0.15) is 153 Å². The molecule has 20 N–H and O–H groups in total. The summed E-state index contributed by atoms with van der Waals surface area (Å²) in [5.41, 5.74) is 12.5. The third-order valence-electron chi connectivity index (χ3n) is 15.9. The highest BCUT2D eigenvalue weighted by atomic mass is 35.5. The van der Waals surface area contributed by atoms with E-state index in [4.69, 9.17) is 32.5 Å². The number of cyclic esters (lactones) is 1. The molecule has 0 bridgehead atoms. The summed E-state index contributed by atoms with van der Waals surface area (Å²) in [6, 6.07) is -1.36. The van der Waals surface area contributed by atoms with Gasteiger partial charge in [0.15, 0.2) is 12.1 Å². The number of esters is 1. The summed E-state index contributed by atoms with van der Waals surface area (Å²) in [6.45, 7) is 2.09. The average Bonchev–Trinajstić information content (AvgIpc) is 0.847. The van der Waals surface area contributed by atoms with Crippen molar-refractivity contribution in [2.75, 3.05) is 32.1 Å². The molecule has 34 heteroatoms. The first-order valence-corrected chi connectivity index (χ1v) is 33.9. The Labute approximate surface area is 584 Å². The molecule has 1 aliphatic rings. The maximum Gasteiger partial charge on any atom is 0.407 e. The molecule has 1 fully saturated rings. The predicted molar refractivity (Wildman–Crippen MR) is 360 cm³/mol. The van der Waals surface area contributed by atoms with Crippen LogP contribution in [0, 0.1) is 0 Å². The Hall–Kier alpha value is -8.86. The van der Waals surface area contributed by atoms with Crippen molar-refractivity contribution < 1.29 is 102 Å². The molecular formula is C66H99ClN12O21. The molecule has 2 aromatic rings. The molecule has 0 radical (unpaired) electrons. The summed E-state index contributed by atoms with van der Waals surface area (Å²) in [5, 5.41) is 86.2. The number of carboxylic acids is 2. The van der Waals surface area contributed by atoms with Gasteiger partial charge < -0.3 is 105 Å². The molecule has 2 aromatic carbocycles. The number of amides is 10. The standard InChI is InChI=1S/C66H99ClN12O21/c1-4-6-7-8-9-10-11-12-13-15-21-39-24-20-25-41(32-39)48(81)34-50(83)71-47-37-99-65(97)53(49(82)35-67)78-63(94)54(55(86)64(95)96)79-56(87)42(5-2)72-62(93)52(38(3)80)77-59(90)44(27-30-69)74-57(88)43(26-18-19-29-68)73-60(91)46(33-51(84)85)76-58(89)45(75-61(47)92)28-31-70-66(98)100-36-40-22-16-14-17-23-40/h5,14,16-17,20,22-25,32,38,43-49,52-55,80-82,86H,4,6-13,15,18-19,21,26-31,33-37,68-69H2,1-3H3,(H,70,98)(H,71,83)(H,72,93)(H,73,91)(H,74,88)(H,75,92)(H,76,89)(H,77,90)(H,78,94)(H,79,87)(H,84,85)(H,95,96)/b42-5-/t38-,43-,44-,45+,46-,47-,48?,49+,52-,53-,54-,55-/m0/s1. The van der Waals surface area contributed by atoms with Gasteiger partial charge in [-0.15, -0.1) is 11.6 Å². The molecule has 3 rings (SSSR count). The topological polar surface area (TPSA) is 534 Å². The van der Waals surface area contributed by atoms with E-state index in [1.807, 2.05) is 16.7 Å². The number of allylic oxidation sites excluding steroid dienone is 1. The van der Waals surface area contributed by atoms with Gasteiger partial charge >= 0.3 is 24.0 Å². The number of hydrogen-bond acceptors (Lipinski definition) is 21. The highest BCUT2D eigenvalue weighted by Gasteiger charge is 2.41. The van der Waals surface area contributed by atoms with Gasteiger partial charge in [0.1, 0.15) is 61.2 Å². The van der Waals surface area contributed by atoms with Gasteiger partial charge in [0.2, 0.25) is 47.3 Å². The molecule has 556 valence electrons. The number of alkyl carbamates (subject to hydrolysis) is 1. The van der Waals surface area contributed by atoms with E-state index >= 15 is 0 Å². The van der Waals surface area contributed by atoms with Crippen molar-refractivity contribution in [3.63, 3.8) is 0 Å². The molecule has 33 nitrogen and oxygen atoms in total. The monoisotopic (exact) mass is 1430 g/mol. The Morgan fingerprint density at radius 2 is 1.21 bits per heavy atom. The van der Waals surface area contributed by atoms with Crippen LogP contribution >= 0.6 is 11.6 Å². The molecule has 1 unspecified atom stereocenters. The minimum Gasteiger partial charge on any atom is -0.481 e. The van der Waals surface area contributed by atoms with Gasteiger partial charge in [0, 0.05) is 6.54 Å². The number of carboxylic acid groups (broad SMARTS) is 2. The fraction of sp³-hybridized carbons (Fsp3) is 0.591. The number of unbranched alkanes of at least 4 members (excludes halogenated alkanes) is 10. The normalized spacial score (nSPS) is 22.2. The smallest absolute Gasteiger partial charge is 0.407 e. The summed E-state index contributed by atoms with van der Waals surface area (Å²) in [5.74, 6) is -18.5. The molecular weight excluding hydrogens is 1330 g/mol. The first-order chi connectivity index (χ1) is 47.7. The van der Waals surface area contributed by atoms with E-state index in [2.05, 4.69) is 49.5 Å². The van der Waals surface area contributed by atoms with Crippen LogP contribution in [-0.4, -0.2) is 207 Å². The van der Waals surface area contributed by atoms with Gasteiger partial charge in [-0.25, -0.2) is 14.4 Å². The number of ether oxygens (including phenoxy) is 2. The predicted octanol–water partition coefficient (Wildman–Crippen LogP) is -1.28. The van der Waals surface area contributed by atoms with Gasteiger partial charge in [-0.05, 0) is 88.6 Å². The lowest BCUT2D eigenvalue weighted by Gasteiger charge is -2.28. The zero-order valence-electron chi connectivity index (χ0n) is 56.5. The number of nitrogens with two attached hydrogens (primary N) is 2. The number of halogens is 1. The van der Waals surface area contributed by atoms with E-state index < -0.39 is 194 Å². The summed E-state index contributed by atoms with van der Waals surface area (Å²) >= 11 is 5.95. The number of aliphatic hydroxyl groups excluding tert-OH is 4. The van der Waals surface area contributed by atoms with E-state index in [0.717, 1.165) is 57.6 Å². The van der Waals surface area contributed by atoms with Crippen molar-refractivity contribution in [1.82, 2.24) is 53.2 Å². The van der Waals surface area contributed by atoms with Crippen LogP contribution in [0.2, 0.25) is 0 Å². The maximum absolute atomic E-state index is 14.8. The van der Waals surface area contributed by atoms with Crippen molar-refractivity contribution in [1.29, 1.82) is 0 Å². The molecule has 1 saturated heterocycles. The largest absolute Gasteiger partial charge is 0.481 e. The minimum atomic E-state index is -2.87. The number of alkyl halides is 1. The second-order valence-electron chi connectivity index (χ2n) is 24.0. The van der Waals surface area contributed by atoms with Crippen LogP contribution < -0.4 is 64.6 Å². The van der Waals surface area contributed by atoms with E-state index in [0.29, 0.717) is 17.5 Å². The quantitative estimate of drug-likeness (QED) is 0.0171. The average molecular weight is 1430 g/mol. The molecule has 100 heavy (non-hydrogen) atoms. The second kappa shape index (κ2) is 46.5. The zero-order chi connectivity index (χ0) is 74.3. The fourth-order valence-corrected chi connectivity index (χ4v) is 10.4. The summed E-state index contributed by atoms with van der Waals surface area (Å²) < 4.78 is 10.7. The molecule has 10 amide bonds. The number of carbonyl (C=O) groups is 13. The van der Waals surface area contributed by atoms with Crippen molar-refractivity contribution >= 4 is 88.8 Å². The Bertz CT molecular complexity index is 3060. The number of rotatable bonds is 33. The molecule has 0 saturated carbocycles. The molecule has 1 heterocycles. The fourth-order valence-electron chi connectivity index (χ4n) is 10.2. The number of aliphatic carboxylic acids is 2. The van der Waals surface area contributed by atoms with Gasteiger partial charge in [-0.1, -0.05) is 125 Å². The molecule has 1 aliphatic heterocycles. The first kappa shape index (κ1) is 85.4. The van der Waals surface area contributed by atoms with Crippen LogP contribution in [0.25, 0.3) is 0 Å². The third kappa shape index (κ3) is 31.1. The second-order valence-corrected chi connectivity index (χ2v) is 24.3. The Kier molecular flexibility index (Phi) is 39.7. The molecule has 0 aliphatic carbocycles. The molecule has 12 atom stereocenters. The highest BCUT2D eigenvalue weighted by molar-refractivity contribution is 6.18. The Morgan fingerprint density at radius 1 is 0.640 bits per heavy atom. The van der Waals surface area contributed by atoms with Gasteiger partial charge in [0.05, 0.1) is 37.0 Å².